The number of hydrogen-bond donors (Lipinski definition) is 2. The Hall–Kier alpha value is -1.43. The maximum atomic E-state index is 10.5. The molecule has 2 heterocycles. The van der Waals surface area contributed by atoms with Gasteiger partial charge in [0.2, 0.25) is 0 Å². The van der Waals surface area contributed by atoms with E-state index in [1.807, 2.05) is 0 Å². The minimum absolute atomic E-state index is 0.0305. The van der Waals surface area contributed by atoms with Gasteiger partial charge in [0.05, 0.1) is 5.75 Å². The molecule has 0 saturated carbocycles. The number of rotatable bonds is 2. The lowest BCUT2D eigenvalue weighted by molar-refractivity contribution is 0.614. The first-order valence-electron chi connectivity index (χ1n) is 3.65. The van der Waals surface area contributed by atoms with Gasteiger partial charge >= 0.3 is 0 Å². The number of hydrogen-bond acceptors (Lipinski definition) is 4. The van der Waals surface area contributed by atoms with Gasteiger partial charge in [-0.05, 0) is 5.56 Å². The summed E-state index contributed by atoms with van der Waals surface area (Å²) in [7, 11) is -2.40. The van der Waals surface area contributed by atoms with Crippen molar-refractivity contribution < 1.29 is 8.42 Å². The van der Waals surface area contributed by atoms with Crippen LogP contribution in [0.25, 0.3) is 11.0 Å². The smallest absolute Gasteiger partial charge is 0.144 e. The number of aromatic nitrogens is 3. The molecule has 0 atom stereocenters. The maximum Gasteiger partial charge on any atom is 0.144 e. The molecule has 5 nitrogen and oxygen atoms in total. The van der Waals surface area contributed by atoms with Crippen molar-refractivity contribution in [3.8, 4) is 0 Å². The molecule has 0 aliphatic rings. The highest BCUT2D eigenvalue weighted by Crippen LogP contribution is 2.14. The van der Waals surface area contributed by atoms with Gasteiger partial charge in [0.25, 0.3) is 0 Å². The van der Waals surface area contributed by atoms with Crippen LogP contribution in [0.3, 0.4) is 0 Å². The summed E-state index contributed by atoms with van der Waals surface area (Å²) in [6, 6.07) is 0. The molecule has 0 aromatic carbocycles. The molecule has 0 amide bonds. The number of fused-ring (bicyclic) bond motifs is 1. The van der Waals surface area contributed by atoms with Gasteiger partial charge in [-0.3, -0.25) is 0 Å². The van der Waals surface area contributed by atoms with Crippen molar-refractivity contribution in [1.82, 2.24) is 15.0 Å². The zero-order chi connectivity index (χ0) is 9.26. The first-order valence-corrected chi connectivity index (χ1v) is 5.01. The summed E-state index contributed by atoms with van der Waals surface area (Å²) >= 11 is 0. The van der Waals surface area contributed by atoms with E-state index in [-0.39, 0.29) is 5.75 Å². The van der Waals surface area contributed by atoms with Crippen LogP contribution in [0.1, 0.15) is 5.56 Å². The fourth-order valence-electron chi connectivity index (χ4n) is 1.18. The third-order valence-electron chi connectivity index (χ3n) is 1.74. The molecule has 0 bridgehead atoms. The summed E-state index contributed by atoms with van der Waals surface area (Å²) in [6.07, 6.45) is 4.66. The largest absolute Gasteiger partial charge is 0.346 e. The average Bonchev–Trinajstić information content (AvgIpc) is 2.48. The quantitative estimate of drug-likeness (QED) is 0.668. The first kappa shape index (κ1) is 8.18. The van der Waals surface area contributed by atoms with Crippen LogP contribution < -0.4 is 0 Å². The molecule has 2 rings (SSSR count). The molecule has 6 heteroatoms. The molecule has 0 spiro atoms. The van der Waals surface area contributed by atoms with Gasteiger partial charge in [0.15, 0.2) is 0 Å². The van der Waals surface area contributed by atoms with Crippen molar-refractivity contribution in [2.75, 3.05) is 0 Å². The van der Waals surface area contributed by atoms with Crippen molar-refractivity contribution >= 4 is 21.7 Å². The minimum atomic E-state index is -2.40. The summed E-state index contributed by atoms with van der Waals surface area (Å²) in [4.78, 5) is 10.6. The van der Waals surface area contributed by atoms with E-state index in [0.717, 1.165) is 5.39 Å². The predicted molar refractivity (Wildman–Crippen MR) is 47.9 cm³/mol. The van der Waals surface area contributed by atoms with Gasteiger partial charge in [-0.15, -0.1) is 0 Å². The number of thiol groups is 1. The van der Waals surface area contributed by atoms with E-state index in [1.165, 1.54) is 6.33 Å². The van der Waals surface area contributed by atoms with Crippen LogP contribution in [0.15, 0.2) is 18.7 Å². The molecule has 0 fully saturated rings. The Kier molecular flexibility index (Phi) is 1.97. The second-order valence-corrected chi connectivity index (χ2v) is 3.57. The third kappa shape index (κ3) is 1.52. The second kappa shape index (κ2) is 3.14. The van der Waals surface area contributed by atoms with E-state index in [2.05, 4.69) is 15.0 Å². The normalized spacial score (nSPS) is 11.2. The van der Waals surface area contributed by atoms with Crippen LogP contribution in [0.4, 0.5) is 0 Å². The number of nitrogens with one attached hydrogen (secondary N) is 1. The van der Waals surface area contributed by atoms with E-state index in [1.54, 1.807) is 12.4 Å². The van der Waals surface area contributed by atoms with Gasteiger partial charge in [0, 0.05) is 17.8 Å². The molecule has 2 aromatic rings. The van der Waals surface area contributed by atoms with E-state index in [0.29, 0.717) is 11.2 Å². The molecule has 2 aromatic heterocycles. The summed E-state index contributed by atoms with van der Waals surface area (Å²) in [5.74, 6) is 0.0305. The van der Waals surface area contributed by atoms with Gasteiger partial charge < -0.3 is 4.98 Å². The summed E-state index contributed by atoms with van der Waals surface area (Å²) in [6.45, 7) is 0. The van der Waals surface area contributed by atoms with Crippen LogP contribution in [-0.4, -0.2) is 23.4 Å². The van der Waals surface area contributed by atoms with Crippen molar-refractivity contribution in [1.29, 1.82) is 0 Å². The maximum absolute atomic E-state index is 10.5. The minimum Gasteiger partial charge on any atom is -0.346 e. The number of aromatic amines is 1. The van der Waals surface area contributed by atoms with Crippen LogP contribution in [-0.2, 0) is 16.5 Å². The van der Waals surface area contributed by atoms with E-state index in [9.17, 15) is 8.42 Å². The van der Waals surface area contributed by atoms with Crippen LogP contribution in [0.2, 0.25) is 0 Å². The lowest BCUT2D eigenvalue weighted by Gasteiger charge is -1.89. The Balaban J connectivity index is 2.57. The summed E-state index contributed by atoms with van der Waals surface area (Å²) in [5, 5.41) is 0.765. The fourth-order valence-corrected chi connectivity index (χ4v) is 1.72. The standard InChI is InChI=1S/C7H7N3O2S/c11-13(12)3-5-1-9-7-6(5)2-8-4-10-7/h1-2,4,13H,3H2,(H,8,9,10). The Morgan fingerprint density at radius 3 is 3.08 bits per heavy atom. The topological polar surface area (TPSA) is 75.7 Å². The molecule has 0 unspecified atom stereocenters. The lowest BCUT2D eigenvalue weighted by Crippen LogP contribution is -1.85. The van der Waals surface area contributed by atoms with Crippen molar-refractivity contribution in [2.45, 2.75) is 5.75 Å². The SMILES string of the molecule is O=[SH](=O)Cc1c[nH]c2ncncc12. The lowest BCUT2D eigenvalue weighted by atomic mass is 10.3. The predicted octanol–water partition coefficient (Wildman–Crippen LogP) is 0.0693. The third-order valence-corrected chi connectivity index (χ3v) is 2.34. The molecule has 0 aliphatic carbocycles. The van der Waals surface area contributed by atoms with Crippen LogP contribution in [0, 0.1) is 0 Å². The first-order chi connectivity index (χ1) is 6.27. The second-order valence-electron chi connectivity index (χ2n) is 2.59. The highest BCUT2D eigenvalue weighted by molar-refractivity contribution is 7.71. The molecule has 68 valence electrons. The molecule has 0 radical (unpaired) electrons. The van der Waals surface area contributed by atoms with Gasteiger partial charge in [-0.2, -0.15) is 0 Å². The molecule has 13 heavy (non-hydrogen) atoms. The molecule has 1 N–H and O–H groups in total. The summed E-state index contributed by atoms with van der Waals surface area (Å²) < 4.78 is 21.0. The molecular weight excluding hydrogens is 190 g/mol. The molecular formula is C7H7N3O2S. The van der Waals surface area contributed by atoms with E-state index >= 15 is 0 Å². The van der Waals surface area contributed by atoms with E-state index in [4.69, 9.17) is 0 Å². The average molecular weight is 197 g/mol. The van der Waals surface area contributed by atoms with Crippen molar-refractivity contribution in [3.63, 3.8) is 0 Å². The fraction of sp³-hybridized carbons (Fsp3) is 0.143. The van der Waals surface area contributed by atoms with Gasteiger partial charge in [-0.1, -0.05) is 0 Å². The monoisotopic (exact) mass is 197 g/mol. The molecule has 0 saturated heterocycles. The molecule has 0 aliphatic heterocycles. The van der Waals surface area contributed by atoms with Gasteiger partial charge in [-0.25, -0.2) is 18.4 Å². The zero-order valence-corrected chi connectivity index (χ0v) is 7.49. The van der Waals surface area contributed by atoms with Crippen molar-refractivity contribution in [2.24, 2.45) is 0 Å². The van der Waals surface area contributed by atoms with E-state index < -0.39 is 10.7 Å². The Labute approximate surface area is 75.8 Å². The number of nitrogens with zero attached hydrogens (tertiary/aromatic N) is 2. The zero-order valence-electron chi connectivity index (χ0n) is 6.60. The van der Waals surface area contributed by atoms with Crippen molar-refractivity contribution in [3.05, 3.63) is 24.3 Å². The Bertz CT molecular complexity index is 495. The van der Waals surface area contributed by atoms with Crippen LogP contribution in [0.5, 0.6) is 0 Å². The van der Waals surface area contributed by atoms with Crippen LogP contribution >= 0.6 is 0 Å². The van der Waals surface area contributed by atoms with Gasteiger partial charge in [0.1, 0.15) is 22.7 Å². The Morgan fingerprint density at radius 2 is 2.31 bits per heavy atom. The Morgan fingerprint density at radius 1 is 1.46 bits per heavy atom. The highest BCUT2D eigenvalue weighted by atomic mass is 32.2. The highest BCUT2D eigenvalue weighted by Gasteiger charge is 2.04. The number of H-pyrrole nitrogens is 1. The summed E-state index contributed by atoms with van der Waals surface area (Å²) in [5.41, 5.74) is 1.38.